The summed E-state index contributed by atoms with van der Waals surface area (Å²) in [5.41, 5.74) is 2.29. The molecule has 2 aromatic rings. The van der Waals surface area contributed by atoms with Crippen LogP contribution in [0.4, 0.5) is 5.69 Å². The van der Waals surface area contributed by atoms with Gasteiger partial charge in [0.15, 0.2) is 0 Å². The smallest absolute Gasteiger partial charge is 0.264 e. The third kappa shape index (κ3) is 4.02. The number of carbonyl (C=O) groups excluding carboxylic acids is 1. The minimum absolute atomic E-state index is 0.176. The molecule has 0 aromatic heterocycles. The predicted molar refractivity (Wildman–Crippen MR) is 98.1 cm³/mol. The van der Waals surface area contributed by atoms with E-state index in [1.54, 1.807) is 36.4 Å². The molecule has 1 N–H and O–H groups in total. The Bertz CT molecular complexity index is 875. The Kier molecular flexibility index (Phi) is 4.81. The zero-order valence-electron chi connectivity index (χ0n) is 14.4. The van der Waals surface area contributed by atoms with Crippen molar-refractivity contribution >= 4 is 21.6 Å². The van der Waals surface area contributed by atoms with E-state index in [1.807, 2.05) is 26.0 Å². The molecule has 5 nitrogen and oxygen atoms in total. The van der Waals surface area contributed by atoms with Gasteiger partial charge in [0, 0.05) is 6.04 Å². The van der Waals surface area contributed by atoms with E-state index in [-0.39, 0.29) is 23.4 Å². The Morgan fingerprint density at radius 2 is 1.80 bits per heavy atom. The summed E-state index contributed by atoms with van der Waals surface area (Å²) in [4.78, 5) is 12.5. The van der Waals surface area contributed by atoms with Crippen LogP contribution in [-0.4, -0.2) is 26.9 Å². The summed E-state index contributed by atoms with van der Waals surface area (Å²) in [5, 5.41) is 2.87. The van der Waals surface area contributed by atoms with Crippen LogP contribution in [0.2, 0.25) is 0 Å². The van der Waals surface area contributed by atoms with Gasteiger partial charge in [-0.2, -0.15) is 0 Å². The highest BCUT2D eigenvalue weighted by Crippen LogP contribution is 2.28. The van der Waals surface area contributed by atoms with Crippen LogP contribution in [0.1, 0.15) is 24.0 Å². The largest absolute Gasteiger partial charge is 0.352 e. The quantitative estimate of drug-likeness (QED) is 0.863. The lowest BCUT2D eigenvalue weighted by atomic mass is 10.1. The first kappa shape index (κ1) is 17.5. The van der Waals surface area contributed by atoms with E-state index in [0.717, 1.165) is 24.0 Å². The summed E-state index contributed by atoms with van der Waals surface area (Å²) in [5.74, 6) is -0.275. The summed E-state index contributed by atoms with van der Waals surface area (Å²) >= 11 is 0. The molecule has 1 saturated carbocycles. The van der Waals surface area contributed by atoms with Crippen LogP contribution >= 0.6 is 0 Å². The Hall–Kier alpha value is -2.34. The molecule has 0 heterocycles. The second-order valence-corrected chi connectivity index (χ2v) is 8.32. The fourth-order valence-corrected chi connectivity index (χ4v) is 4.14. The molecule has 0 bridgehead atoms. The normalized spacial score (nSPS) is 14.2. The van der Waals surface area contributed by atoms with E-state index in [0.29, 0.717) is 5.69 Å². The highest BCUT2D eigenvalue weighted by Gasteiger charge is 2.30. The van der Waals surface area contributed by atoms with Crippen molar-refractivity contribution in [3.8, 4) is 0 Å². The molecule has 0 atom stereocenters. The molecule has 1 aliphatic rings. The number of aryl methyl sites for hydroxylation is 2. The van der Waals surface area contributed by atoms with Crippen LogP contribution in [0.15, 0.2) is 53.4 Å². The average molecular weight is 358 g/mol. The molecule has 2 aromatic carbocycles. The number of hydrogen-bond acceptors (Lipinski definition) is 3. The highest BCUT2D eigenvalue weighted by atomic mass is 32.2. The summed E-state index contributed by atoms with van der Waals surface area (Å²) in [6.45, 7) is 3.53. The van der Waals surface area contributed by atoms with Gasteiger partial charge in [-0.1, -0.05) is 30.3 Å². The van der Waals surface area contributed by atoms with Gasteiger partial charge in [0.2, 0.25) is 5.91 Å². The van der Waals surface area contributed by atoms with Gasteiger partial charge in [0.1, 0.15) is 6.54 Å². The van der Waals surface area contributed by atoms with Gasteiger partial charge in [0.25, 0.3) is 10.0 Å². The molecule has 6 heteroatoms. The molecule has 1 fully saturated rings. The van der Waals surface area contributed by atoms with Gasteiger partial charge in [0.05, 0.1) is 10.6 Å². The minimum atomic E-state index is -3.83. The molecule has 0 aliphatic heterocycles. The van der Waals surface area contributed by atoms with Gasteiger partial charge in [-0.05, 0) is 56.0 Å². The topological polar surface area (TPSA) is 66.5 Å². The molecule has 3 rings (SSSR count). The van der Waals surface area contributed by atoms with E-state index in [4.69, 9.17) is 0 Å². The third-order valence-corrected chi connectivity index (χ3v) is 5.97. The average Bonchev–Trinajstić information content (AvgIpc) is 3.39. The van der Waals surface area contributed by atoms with Crippen LogP contribution in [0, 0.1) is 13.8 Å². The number of benzene rings is 2. The predicted octanol–water partition coefficient (Wildman–Crippen LogP) is 2.78. The van der Waals surface area contributed by atoms with Crippen molar-refractivity contribution in [2.24, 2.45) is 0 Å². The van der Waals surface area contributed by atoms with E-state index >= 15 is 0 Å². The number of anilines is 1. The Morgan fingerprint density at radius 3 is 2.44 bits per heavy atom. The number of nitrogens with one attached hydrogen (secondary N) is 1. The maximum Gasteiger partial charge on any atom is 0.264 e. The second kappa shape index (κ2) is 6.88. The Morgan fingerprint density at radius 1 is 1.12 bits per heavy atom. The summed E-state index contributed by atoms with van der Waals surface area (Å²) in [6.07, 6.45) is 1.92. The van der Waals surface area contributed by atoms with Crippen molar-refractivity contribution in [1.29, 1.82) is 0 Å². The standard InChI is InChI=1S/C19H22N2O3S/c1-14-8-9-15(2)18(12-14)21(13-19(22)20-16-10-11-16)25(23,24)17-6-4-3-5-7-17/h3-9,12,16H,10-11,13H2,1-2H3,(H,20,22). The lowest BCUT2D eigenvalue weighted by Gasteiger charge is -2.26. The van der Waals surface area contributed by atoms with Crippen LogP contribution in [0.5, 0.6) is 0 Å². The van der Waals surface area contributed by atoms with Crippen molar-refractivity contribution in [3.05, 3.63) is 59.7 Å². The highest BCUT2D eigenvalue weighted by molar-refractivity contribution is 7.92. The zero-order chi connectivity index (χ0) is 18.0. The van der Waals surface area contributed by atoms with Gasteiger partial charge < -0.3 is 5.32 Å². The second-order valence-electron chi connectivity index (χ2n) is 6.46. The minimum Gasteiger partial charge on any atom is -0.352 e. The first-order valence-corrected chi connectivity index (χ1v) is 9.76. The van der Waals surface area contributed by atoms with Crippen LogP contribution in [0.3, 0.4) is 0 Å². The number of nitrogens with zero attached hydrogens (tertiary/aromatic N) is 1. The van der Waals surface area contributed by atoms with Crippen molar-refractivity contribution in [2.45, 2.75) is 37.6 Å². The molecule has 1 aliphatic carbocycles. The van der Waals surface area contributed by atoms with Gasteiger partial charge in [-0.15, -0.1) is 0 Å². The lowest BCUT2D eigenvalue weighted by molar-refractivity contribution is -0.119. The third-order valence-electron chi connectivity index (χ3n) is 4.19. The zero-order valence-corrected chi connectivity index (χ0v) is 15.2. The van der Waals surface area contributed by atoms with Crippen molar-refractivity contribution in [2.75, 3.05) is 10.8 Å². The first-order chi connectivity index (χ1) is 11.9. The number of amides is 1. The monoisotopic (exact) mass is 358 g/mol. The molecule has 25 heavy (non-hydrogen) atoms. The van der Waals surface area contributed by atoms with Crippen LogP contribution in [0.25, 0.3) is 0 Å². The maximum absolute atomic E-state index is 13.2. The summed E-state index contributed by atoms with van der Waals surface area (Å²) in [7, 11) is -3.83. The van der Waals surface area contributed by atoms with Crippen molar-refractivity contribution < 1.29 is 13.2 Å². The molecule has 1 amide bonds. The first-order valence-electron chi connectivity index (χ1n) is 8.32. The summed E-state index contributed by atoms with van der Waals surface area (Å²) < 4.78 is 27.6. The molecular formula is C19H22N2O3S. The molecule has 0 spiro atoms. The number of rotatable bonds is 6. The molecule has 0 unspecified atom stereocenters. The fourth-order valence-electron chi connectivity index (χ4n) is 2.64. The SMILES string of the molecule is Cc1ccc(C)c(N(CC(=O)NC2CC2)S(=O)(=O)c2ccccc2)c1. The van der Waals surface area contributed by atoms with Crippen molar-refractivity contribution in [1.82, 2.24) is 5.32 Å². The van der Waals surface area contributed by atoms with Crippen LogP contribution < -0.4 is 9.62 Å². The van der Waals surface area contributed by atoms with E-state index in [2.05, 4.69) is 5.32 Å². The van der Waals surface area contributed by atoms with Crippen LogP contribution in [-0.2, 0) is 14.8 Å². The number of sulfonamides is 1. The fraction of sp³-hybridized carbons (Fsp3) is 0.316. The van der Waals surface area contributed by atoms with Gasteiger partial charge >= 0.3 is 0 Å². The van der Waals surface area contributed by atoms with E-state index in [1.165, 1.54) is 4.31 Å². The van der Waals surface area contributed by atoms with Crippen molar-refractivity contribution in [3.63, 3.8) is 0 Å². The molecular weight excluding hydrogens is 336 g/mol. The van der Waals surface area contributed by atoms with E-state index < -0.39 is 10.0 Å². The molecule has 0 radical (unpaired) electrons. The molecule has 0 saturated heterocycles. The number of carbonyl (C=O) groups is 1. The lowest BCUT2D eigenvalue weighted by Crippen LogP contribution is -2.41. The summed E-state index contributed by atoms with van der Waals surface area (Å²) in [6, 6.07) is 14.0. The Labute approximate surface area is 148 Å². The van der Waals surface area contributed by atoms with Gasteiger partial charge in [-0.25, -0.2) is 8.42 Å². The Balaban J connectivity index is 2.01. The van der Waals surface area contributed by atoms with E-state index in [9.17, 15) is 13.2 Å². The molecule has 132 valence electrons. The number of hydrogen-bond donors (Lipinski definition) is 1. The van der Waals surface area contributed by atoms with Gasteiger partial charge in [-0.3, -0.25) is 9.10 Å². The maximum atomic E-state index is 13.2.